The second kappa shape index (κ2) is 3.25. The van der Waals surface area contributed by atoms with Crippen LogP contribution in [0.4, 0.5) is 0 Å². The van der Waals surface area contributed by atoms with Gasteiger partial charge in [-0.2, -0.15) is 0 Å². The fraction of sp³-hybridized carbons (Fsp3) is 0.571. The third kappa shape index (κ3) is 2.09. The number of ether oxygens (including phenoxy) is 2. The van der Waals surface area contributed by atoms with Crippen LogP contribution in [0.15, 0.2) is 12.3 Å². The summed E-state index contributed by atoms with van der Waals surface area (Å²) in [5.74, 6) is -0.239. The molecule has 0 aromatic carbocycles. The molecular weight excluding hydrogens is 132 g/mol. The Hall–Kier alpha value is -0.990. The minimum atomic E-state index is -0.239. The Labute approximate surface area is 59.6 Å². The highest BCUT2D eigenvalue weighted by Gasteiger charge is 2.10. The molecule has 1 heterocycles. The van der Waals surface area contributed by atoms with Gasteiger partial charge < -0.3 is 9.47 Å². The molecule has 3 heteroatoms. The van der Waals surface area contributed by atoms with E-state index in [9.17, 15) is 4.79 Å². The van der Waals surface area contributed by atoms with Crippen LogP contribution < -0.4 is 0 Å². The van der Waals surface area contributed by atoms with Crippen LogP contribution in [0.1, 0.15) is 13.3 Å². The Balaban J connectivity index is 2.33. The molecule has 0 N–H and O–H groups in total. The van der Waals surface area contributed by atoms with Crippen LogP contribution in [0, 0.1) is 0 Å². The van der Waals surface area contributed by atoms with Crippen LogP contribution in [0.2, 0.25) is 0 Å². The van der Waals surface area contributed by atoms with E-state index >= 15 is 0 Å². The van der Waals surface area contributed by atoms with E-state index in [2.05, 4.69) is 0 Å². The molecule has 0 spiro atoms. The van der Waals surface area contributed by atoms with Gasteiger partial charge in [0.05, 0.1) is 12.9 Å². The predicted octanol–water partition coefficient (Wildman–Crippen LogP) is 0.852. The lowest BCUT2D eigenvalue weighted by atomic mass is 10.2. The van der Waals surface area contributed by atoms with Crippen LogP contribution in [0.3, 0.4) is 0 Å². The number of hydrogen-bond donors (Lipinski definition) is 0. The standard InChI is InChI=1S/C7H10O3/c1-6(8)10-7-2-4-9-5-3-7/h2,4,7H,3,5H2,1H3. The monoisotopic (exact) mass is 142 g/mol. The van der Waals surface area contributed by atoms with Gasteiger partial charge in [-0.05, 0) is 6.08 Å². The van der Waals surface area contributed by atoms with Gasteiger partial charge in [-0.1, -0.05) is 0 Å². The number of rotatable bonds is 1. The third-order valence-electron chi connectivity index (χ3n) is 1.23. The lowest BCUT2D eigenvalue weighted by Gasteiger charge is -2.16. The molecule has 0 aliphatic carbocycles. The van der Waals surface area contributed by atoms with E-state index < -0.39 is 0 Å². The molecule has 10 heavy (non-hydrogen) atoms. The fourth-order valence-electron chi connectivity index (χ4n) is 0.803. The van der Waals surface area contributed by atoms with Crippen molar-refractivity contribution in [3.63, 3.8) is 0 Å². The van der Waals surface area contributed by atoms with Crippen LogP contribution in [0.5, 0.6) is 0 Å². The van der Waals surface area contributed by atoms with Crippen LogP contribution in [0.25, 0.3) is 0 Å². The summed E-state index contributed by atoms with van der Waals surface area (Å²) in [6.45, 7) is 2.04. The van der Waals surface area contributed by atoms with Gasteiger partial charge >= 0.3 is 5.97 Å². The van der Waals surface area contributed by atoms with Crippen molar-refractivity contribution >= 4 is 5.97 Å². The first-order chi connectivity index (χ1) is 4.79. The summed E-state index contributed by atoms with van der Waals surface area (Å²) >= 11 is 0. The van der Waals surface area contributed by atoms with E-state index in [4.69, 9.17) is 9.47 Å². The smallest absolute Gasteiger partial charge is 0.303 e. The van der Waals surface area contributed by atoms with Gasteiger partial charge in [-0.3, -0.25) is 4.79 Å². The minimum absolute atomic E-state index is 0.0775. The lowest BCUT2D eigenvalue weighted by Crippen LogP contribution is -2.18. The van der Waals surface area contributed by atoms with Crippen molar-refractivity contribution in [1.29, 1.82) is 0 Å². The third-order valence-corrected chi connectivity index (χ3v) is 1.23. The van der Waals surface area contributed by atoms with Crippen molar-refractivity contribution in [2.75, 3.05) is 6.61 Å². The average molecular weight is 142 g/mol. The van der Waals surface area contributed by atoms with E-state index in [1.807, 2.05) is 0 Å². The highest BCUT2D eigenvalue weighted by molar-refractivity contribution is 5.66. The molecule has 1 rings (SSSR count). The van der Waals surface area contributed by atoms with E-state index in [0.29, 0.717) is 6.61 Å². The molecule has 1 aliphatic heterocycles. The largest absolute Gasteiger partial charge is 0.501 e. The van der Waals surface area contributed by atoms with Crippen molar-refractivity contribution < 1.29 is 14.3 Å². The number of esters is 1. The van der Waals surface area contributed by atoms with Crippen molar-refractivity contribution in [2.45, 2.75) is 19.4 Å². The molecule has 0 aromatic rings. The fourth-order valence-corrected chi connectivity index (χ4v) is 0.803. The Morgan fingerprint density at radius 3 is 3.10 bits per heavy atom. The zero-order valence-electron chi connectivity index (χ0n) is 5.87. The zero-order valence-corrected chi connectivity index (χ0v) is 5.87. The summed E-state index contributed by atoms with van der Waals surface area (Å²) in [6, 6.07) is 0. The van der Waals surface area contributed by atoms with Crippen molar-refractivity contribution in [2.24, 2.45) is 0 Å². The van der Waals surface area contributed by atoms with Crippen molar-refractivity contribution in [3.8, 4) is 0 Å². The first-order valence-corrected chi connectivity index (χ1v) is 3.24. The first kappa shape index (κ1) is 7.12. The van der Waals surface area contributed by atoms with E-state index in [0.717, 1.165) is 6.42 Å². The molecule has 0 fully saturated rings. The minimum Gasteiger partial charge on any atom is -0.501 e. The van der Waals surface area contributed by atoms with E-state index in [1.54, 1.807) is 12.3 Å². The maximum atomic E-state index is 10.4. The Kier molecular flexibility index (Phi) is 2.31. The van der Waals surface area contributed by atoms with Gasteiger partial charge in [0.1, 0.15) is 6.10 Å². The van der Waals surface area contributed by atoms with Gasteiger partial charge in [0, 0.05) is 13.3 Å². The number of carbonyl (C=O) groups is 1. The van der Waals surface area contributed by atoms with Gasteiger partial charge in [0.2, 0.25) is 0 Å². The Morgan fingerprint density at radius 2 is 2.60 bits per heavy atom. The molecule has 0 saturated heterocycles. The SMILES string of the molecule is CC(=O)OC1C=COCC1. The summed E-state index contributed by atoms with van der Waals surface area (Å²) in [5.41, 5.74) is 0. The molecule has 56 valence electrons. The molecule has 0 bridgehead atoms. The van der Waals surface area contributed by atoms with Crippen LogP contribution in [-0.2, 0) is 14.3 Å². The molecule has 0 radical (unpaired) electrons. The zero-order chi connectivity index (χ0) is 7.40. The maximum Gasteiger partial charge on any atom is 0.303 e. The molecule has 1 unspecified atom stereocenters. The molecule has 3 nitrogen and oxygen atoms in total. The normalized spacial score (nSPS) is 23.5. The highest BCUT2D eigenvalue weighted by atomic mass is 16.5. The summed E-state index contributed by atoms with van der Waals surface area (Å²) in [4.78, 5) is 10.4. The van der Waals surface area contributed by atoms with Crippen molar-refractivity contribution in [1.82, 2.24) is 0 Å². The lowest BCUT2D eigenvalue weighted by molar-refractivity contribution is -0.145. The van der Waals surface area contributed by atoms with Crippen LogP contribution in [-0.4, -0.2) is 18.7 Å². The number of carbonyl (C=O) groups excluding carboxylic acids is 1. The Bertz CT molecular complexity index is 151. The van der Waals surface area contributed by atoms with Gasteiger partial charge in [-0.15, -0.1) is 0 Å². The van der Waals surface area contributed by atoms with Gasteiger partial charge in [-0.25, -0.2) is 0 Å². The summed E-state index contributed by atoms with van der Waals surface area (Å²) in [6.07, 6.45) is 3.99. The predicted molar refractivity (Wildman–Crippen MR) is 35.3 cm³/mol. The topological polar surface area (TPSA) is 35.5 Å². The molecule has 1 aliphatic rings. The molecule has 1 atom stereocenters. The average Bonchev–Trinajstić information content (AvgIpc) is 1.88. The molecule has 0 aromatic heterocycles. The molecule has 0 amide bonds. The van der Waals surface area contributed by atoms with Gasteiger partial charge in [0.25, 0.3) is 0 Å². The highest BCUT2D eigenvalue weighted by Crippen LogP contribution is 2.06. The van der Waals surface area contributed by atoms with Gasteiger partial charge in [0.15, 0.2) is 0 Å². The van der Waals surface area contributed by atoms with E-state index in [1.165, 1.54) is 6.92 Å². The van der Waals surface area contributed by atoms with Crippen molar-refractivity contribution in [3.05, 3.63) is 12.3 Å². The molecule has 0 saturated carbocycles. The summed E-state index contributed by atoms with van der Waals surface area (Å²) < 4.78 is 9.79. The quantitative estimate of drug-likeness (QED) is 0.509. The number of hydrogen-bond acceptors (Lipinski definition) is 3. The second-order valence-electron chi connectivity index (χ2n) is 2.14. The summed E-state index contributed by atoms with van der Waals surface area (Å²) in [5, 5.41) is 0. The first-order valence-electron chi connectivity index (χ1n) is 3.24. The maximum absolute atomic E-state index is 10.4. The van der Waals surface area contributed by atoms with Crippen LogP contribution >= 0.6 is 0 Å². The Morgan fingerprint density at radius 1 is 1.80 bits per heavy atom. The van der Waals surface area contributed by atoms with E-state index in [-0.39, 0.29) is 12.1 Å². The molecular formula is C7H10O3. The summed E-state index contributed by atoms with van der Waals surface area (Å²) in [7, 11) is 0. The second-order valence-corrected chi connectivity index (χ2v) is 2.14.